The highest BCUT2D eigenvalue weighted by Gasteiger charge is 2.25. The lowest BCUT2D eigenvalue weighted by Crippen LogP contribution is -1.86. The van der Waals surface area contributed by atoms with Gasteiger partial charge in [0.15, 0.2) is 0 Å². The lowest BCUT2D eigenvalue weighted by atomic mass is 9.98. The molecule has 1 aliphatic rings. The van der Waals surface area contributed by atoms with Gasteiger partial charge < -0.3 is 0 Å². The first kappa shape index (κ1) is 8.49. The fraction of sp³-hybridized carbons (Fsp3) is 0.214. The molecule has 1 fully saturated rings. The number of rotatable bonds is 1. The number of nitrogens with zero attached hydrogens (tertiary/aromatic N) is 1. The monoisotopic (exact) mass is 193 g/mol. The van der Waals surface area contributed by atoms with Gasteiger partial charge in [0.05, 0.1) is 11.6 Å². The van der Waals surface area contributed by atoms with E-state index < -0.39 is 0 Å². The van der Waals surface area contributed by atoms with E-state index in [9.17, 15) is 0 Å². The summed E-state index contributed by atoms with van der Waals surface area (Å²) in [4.78, 5) is 0. The van der Waals surface area contributed by atoms with Crippen LogP contribution in [0.3, 0.4) is 0 Å². The fourth-order valence-electron chi connectivity index (χ4n) is 2.14. The highest BCUT2D eigenvalue weighted by molar-refractivity contribution is 5.87. The Morgan fingerprint density at radius 1 is 1.13 bits per heavy atom. The first-order chi connectivity index (χ1) is 7.38. The summed E-state index contributed by atoms with van der Waals surface area (Å²) in [5, 5.41) is 11.5. The van der Waals surface area contributed by atoms with E-state index in [0.29, 0.717) is 5.92 Å². The zero-order valence-electron chi connectivity index (χ0n) is 8.40. The molecule has 1 heteroatoms. The third-order valence-electron chi connectivity index (χ3n) is 3.04. The van der Waals surface area contributed by atoms with Crippen molar-refractivity contribution in [3.8, 4) is 6.07 Å². The molecule has 0 spiro atoms. The molecular weight excluding hydrogens is 182 g/mol. The van der Waals surface area contributed by atoms with Crippen LogP contribution in [0.5, 0.6) is 0 Å². The van der Waals surface area contributed by atoms with Gasteiger partial charge >= 0.3 is 0 Å². The van der Waals surface area contributed by atoms with Crippen molar-refractivity contribution in [3.63, 3.8) is 0 Å². The van der Waals surface area contributed by atoms with E-state index in [-0.39, 0.29) is 0 Å². The smallest absolute Gasteiger partial charge is 0.0991 e. The van der Waals surface area contributed by atoms with Gasteiger partial charge in [-0.2, -0.15) is 5.26 Å². The molecule has 2 aromatic rings. The molecule has 0 heterocycles. The Balaban J connectivity index is 2.34. The summed E-state index contributed by atoms with van der Waals surface area (Å²) in [7, 11) is 0. The molecule has 1 aliphatic carbocycles. The fourth-order valence-corrected chi connectivity index (χ4v) is 2.14. The van der Waals surface area contributed by atoms with Crippen LogP contribution < -0.4 is 0 Å². The Morgan fingerprint density at radius 2 is 1.93 bits per heavy atom. The van der Waals surface area contributed by atoms with Crippen LogP contribution in [0.2, 0.25) is 0 Å². The van der Waals surface area contributed by atoms with Crippen LogP contribution >= 0.6 is 0 Å². The second-order valence-electron chi connectivity index (χ2n) is 4.17. The molecule has 1 nitrogen and oxygen atoms in total. The second-order valence-corrected chi connectivity index (χ2v) is 4.17. The third-order valence-corrected chi connectivity index (χ3v) is 3.04. The third kappa shape index (κ3) is 1.39. The Kier molecular flexibility index (Phi) is 1.76. The van der Waals surface area contributed by atoms with E-state index >= 15 is 0 Å². The molecule has 1 saturated carbocycles. The molecule has 0 bridgehead atoms. The molecule has 3 rings (SSSR count). The predicted molar refractivity (Wildman–Crippen MR) is 60.6 cm³/mol. The highest BCUT2D eigenvalue weighted by Crippen LogP contribution is 2.43. The van der Waals surface area contributed by atoms with E-state index in [0.717, 1.165) is 5.56 Å². The second kappa shape index (κ2) is 3.10. The molecule has 2 aromatic carbocycles. The van der Waals surface area contributed by atoms with Crippen LogP contribution in [0, 0.1) is 11.3 Å². The summed E-state index contributed by atoms with van der Waals surface area (Å²) in [6.45, 7) is 0. The van der Waals surface area contributed by atoms with Gasteiger partial charge in [-0.15, -0.1) is 0 Å². The van der Waals surface area contributed by atoms with Crippen LogP contribution in [-0.2, 0) is 0 Å². The van der Waals surface area contributed by atoms with E-state index in [1.54, 1.807) is 0 Å². The van der Waals surface area contributed by atoms with Crippen LogP contribution in [0.1, 0.15) is 29.9 Å². The normalized spacial score (nSPS) is 15.1. The number of hydrogen-bond donors (Lipinski definition) is 0. The molecule has 0 amide bonds. The quantitative estimate of drug-likeness (QED) is 0.679. The minimum Gasteiger partial charge on any atom is -0.192 e. The summed E-state index contributed by atoms with van der Waals surface area (Å²) in [5.74, 6) is 0.697. The molecule has 0 N–H and O–H groups in total. The van der Waals surface area contributed by atoms with Gasteiger partial charge in [-0.1, -0.05) is 24.3 Å². The van der Waals surface area contributed by atoms with Crippen molar-refractivity contribution >= 4 is 10.8 Å². The van der Waals surface area contributed by atoms with Crippen molar-refractivity contribution in [1.82, 2.24) is 0 Å². The molecule has 0 unspecified atom stereocenters. The standard InChI is InChI=1S/C14H11N/c15-9-10-7-12-3-1-2-4-13(12)14(8-10)11-5-6-11/h1-4,7-8,11H,5-6H2. The highest BCUT2D eigenvalue weighted by atomic mass is 14.3. The van der Waals surface area contributed by atoms with Gasteiger partial charge in [-0.05, 0) is 47.2 Å². The summed E-state index contributed by atoms with van der Waals surface area (Å²) < 4.78 is 0. The van der Waals surface area contributed by atoms with Gasteiger partial charge in [0.1, 0.15) is 0 Å². The Morgan fingerprint density at radius 3 is 2.67 bits per heavy atom. The predicted octanol–water partition coefficient (Wildman–Crippen LogP) is 3.59. The number of fused-ring (bicyclic) bond motifs is 1. The van der Waals surface area contributed by atoms with E-state index in [2.05, 4.69) is 30.3 Å². The lowest BCUT2D eigenvalue weighted by Gasteiger charge is -2.05. The summed E-state index contributed by atoms with van der Waals surface area (Å²) in [6, 6.07) is 14.6. The Hall–Kier alpha value is -1.81. The zero-order valence-corrected chi connectivity index (χ0v) is 8.40. The maximum absolute atomic E-state index is 8.97. The van der Waals surface area contributed by atoms with Crippen LogP contribution in [0.15, 0.2) is 36.4 Å². The average molecular weight is 193 g/mol. The first-order valence-electron chi connectivity index (χ1n) is 5.31. The molecule has 72 valence electrons. The van der Waals surface area contributed by atoms with E-state index in [1.807, 2.05) is 12.1 Å². The molecule has 0 aliphatic heterocycles. The zero-order chi connectivity index (χ0) is 10.3. The average Bonchev–Trinajstić information content (AvgIpc) is 3.11. The first-order valence-corrected chi connectivity index (χ1v) is 5.31. The summed E-state index contributed by atoms with van der Waals surface area (Å²) >= 11 is 0. The van der Waals surface area contributed by atoms with Gasteiger partial charge in [-0.3, -0.25) is 0 Å². The van der Waals surface area contributed by atoms with Crippen LogP contribution in [0.4, 0.5) is 0 Å². The van der Waals surface area contributed by atoms with Crippen molar-refractivity contribution in [1.29, 1.82) is 5.26 Å². The number of hydrogen-bond acceptors (Lipinski definition) is 1. The van der Waals surface area contributed by atoms with Crippen molar-refractivity contribution in [3.05, 3.63) is 47.5 Å². The minimum absolute atomic E-state index is 0.697. The molecule has 15 heavy (non-hydrogen) atoms. The largest absolute Gasteiger partial charge is 0.192 e. The van der Waals surface area contributed by atoms with Gasteiger partial charge in [0, 0.05) is 0 Å². The van der Waals surface area contributed by atoms with E-state index in [4.69, 9.17) is 5.26 Å². The SMILES string of the molecule is N#Cc1cc(C2CC2)c2ccccc2c1. The topological polar surface area (TPSA) is 23.8 Å². The number of benzene rings is 2. The molecule has 0 radical (unpaired) electrons. The van der Waals surface area contributed by atoms with Crippen LogP contribution in [0.25, 0.3) is 10.8 Å². The van der Waals surface area contributed by atoms with Gasteiger partial charge in [-0.25, -0.2) is 0 Å². The van der Waals surface area contributed by atoms with Crippen molar-refractivity contribution in [2.45, 2.75) is 18.8 Å². The lowest BCUT2D eigenvalue weighted by molar-refractivity contribution is 1.15. The van der Waals surface area contributed by atoms with Crippen molar-refractivity contribution < 1.29 is 0 Å². The Bertz CT molecular complexity index is 559. The van der Waals surface area contributed by atoms with Gasteiger partial charge in [0.2, 0.25) is 0 Å². The molecule has 0 saturated heterocycles. The van der Waals surface area contributed by atoms with Gasteiger partial charge in [0.25, 0.3) is 0 Å². The number of nitriles is 1. The van der Waals surface area contributed by atoms with E-state index in [1.165, 1.54) is 29.2 Å². The summed E-state index contributed by atoms with van der Waals surface area (Å²) in [6.07, 6.45) is 2.55. The minimum atomic E-state index is 0.697. The van der Waals surface area contributed by atoms with Crippen molar-refractivity contribution in [2.24, 2.45) is 0 Å². The maximum atomic E-state index is 8.97. The Labute approximate surface area is 89.0 Å². The maximum Gasteiger partial charge on any atom is 0.0991 e. The van der Waals surface area contributed by atoms with Crippen molar-refractivity contribution in [2.75, 3.05) is 0 Å². The summed E-state index contributed by atoms with van der Waals surface area (Å²) in [5.41, 5.74) is 2.15. The molecule has 0 aromatic heterocycles. The molecular formula is C14H11N. The van der Waals surface area contributed by atoms with Crippen LogP contribution in [-0.4, -0.2) is 0 Å². The molecule has 0 atom stereocenters.